The van der Waals surface area contributed by atoms with Gasteiger partial charge >= 0.3 is 0 Å². The van der Waals surface area contributed by atoms with Crippen molar-refractivity contribution >= 4 is 34.4 Å². The molecule has 2 aliphatic rings. The highest BCUT2D eigenvalue weighted by Gasteiger charge is 2.23. The van der Waals surface area contributed by atoms with Crippen molar-refractivity contribution in [1.29, 1.82) is 0 Å². The van der Waals surface area contributed by atoms with Gasteiger partial charge in [0.25, 0.3) is 17.4 Å². The first-order valence-electron chi connectivity index (χ1n) is 10.9. The van der Waals surface area contributed by atoms with Crippen LogP contribution in [-0.4, -0.2) is 53.6 Å². The molecule has 2 aromatic rings. The average molecular weight is 459 g/mol. The highest BCUT2D eigenvalue weighted by Crippen LogP contribution is 2.24. The van der Waals surface area contributed by atoms with E-state index in [9.17, 15) is 10.1 Å². The number of non-ortho nitro benzene ring substituents is 1. The maximum Gasteiger partial charge on any atom is 0.300 e. The lowest BCUT2D eigenvalue weighted by Crippen LogP contribution is -2.33. The Morgan fingerprint density at radius 2 is 1.29 bits per heavy atom. The average Bonchev–Trinajstić information content (AvgIpc) is 3.45. The fourth-order valence-corrected chi connectivity index (χ4v) is 3.60. The van der Waals surface area contributed by atoms with Crippen LogP contribution in [0.25, 0.3) is 0 Å². The molecule has 2 aromatic carbocycles. The highest BCUT2D eigenvalue weighted by atomic mass is 16.6. The smallest absolute Gasteiger partial charge is 0.300 e. The van der Waals surface area contributed by atoms with Gasteiger partial charge in [-0.3, -0.25) is 10.1 Å². The highest BCUT2D eigenvalue weighted by molar-refractivity contribution is 5.85. The minimum atomic E-state index is -0.437. The molecule has 0 saturated carbocycles. The largest absolute Gasteiger partial charge is 0.370 e. The normalized spacial score (nSPS) is 14.8. The van der Waals surface area contributed by atoms with Crippen molar-refractivity contribution in [3.05, 3.63) is 83.4 Å². The number of anilines is 1. The molecule has 2 radical (unpaired) electrons. The van der Waals surface area contributed by atoms with Crippen LogP contribution in [0, 0.1) is 10.1 Å². The Hall–Kier alpha value is -4.34. The Kier molecular flexibility index (Phi) is 7.07. The molecule has 0 bridgehead atoms. The minimum absolute atomic E-state index is 0.0273. The summed E-state index contributed by atoms with van der Waals surface area (Å²) >= 11 is 0. The molecule has 0 N–H and O–H groups in total. The van der Waals surface area contributed by atoms with Crippen LogP contribution in [0.4, 0.5) is 22.7 Å². The molecule has 2 aliphatic heterocycles. The number of nitro groups is 1. The summed E-state index contributed by atoms with van der Waals surface area (Å²) in [6, 6.07) is 13.9. The number of hydrogen-bond donors (Lipinski definition) is 0. The molecule has 10 nitrogen and oxygen atoms in total. The summed E-state index contributed by atoms with van der Waals surface area (Å²) in [5.41, 5.74) is 2.37. The summed E-state index contributed by atoms with van der Waals surface area (Å²) in [5.74, 6) is 2.08. The van der Waals surface area contributed by atoms with E-state index in [2.05, 4.69) is 25.1 Å². The number of rotatable bonds is 10. The van der Waals surface area contributed by atoms with Gasteiger partial charge in [-0.25, -0.2) is 9.80 Å². The molecule has 0 aromatic heterocycles. The minimum Gasteiger partial charge on any atom is -0.370 e. The second-order valence-corrected chi connectivity index (χ2v) is 7.89. The first-order chi connectivity index (χ1) is 16.5. The van der Waals surface area contributed by atoms with E-state index in [1.807, 2.05) is 73.0 Å². The monoisotopic (exact) mass is 458 g/mol. The van der Waals surface area contributed by atoms with Gasteiger partial charge < -0.3 is 4.90 Å². The molecule has 0 spiro atoms. The molecule has 0 unspecified atom stereocenters. The summed E-state index contributed by atoms with van der Waals surface area (Å²) in [4.78, 5) is 25.6. The Morgan fingerprint density at radius 1 is 0.824 bits per heavy atom. The van der Waals surface area contributed by atoms with Crippen LogP contribution in [0.3, 0.4) is 0 Å². The second-order valence-electron chi connectivity index (χ2n) is 7.89. The number of nitrogens with zero attached hydrogens (tertiary/aromatic N) is 8. The predicted molar refractivity (Wildman–Crippen MR) is 133 cm³/mol. The van der Waals surface area contributed by atoms with Crippen LogP contribution in [0.5, 0.6) is 0 Å². The van der Waals surface area contributed by atoms with Crippen molar-refractivity contribution in [3.8, 4) is 0 Å². The summed E-state index contributed by atoms with van der Waals surface area (Å²) < 4.78 is 0. The summed E-state index contributed by atoms with van der Waals surface area (Å²) in [6.07, 6.45) is 9.20. The van der Waals surface area contributed by atoms with E-state index in [1.165, 1.54) is 12.1 Å². The zero-order chi connectivity index (χ0) is 23.9. The lowest BCUT2D eigenvalue weighted by molar-refractivity contribution is -0.384. The number of amidine groups is 2. The predicted octanol–water partition coefficient (Wildman–Crippen LogP) is 3.90. The van der Waals surface area contributed by atoms with Gasteiger partial charge in [0.1, 0.15) is 12.4 Å². The number of azo groups is 1. The molecular formula is C24H26N8O2+2. The van der Waals surface area contributed by atoms with E-state index in [4.69, 9.17) is 0 Å². The van der Waals surface area contributed by atoms with Crippen LogP contribution in [0.1, 0.15) is 12.8 Å². The van der Waals surface area contributed by atoms with Crippen molar-refractivity contribution in [1.82, 2.24) is 19.8 Å². The van der Waals surface area contributed by atoms with E-state index in [-0.39, 0.29) is 5.69 Å². The topological polar surface area (TPSA) is 106 Å². The maximum absolute atomic E-state index is 10.8. The first kappa shape index (κ1) is 22.8. The van der Waals surface area contributed by atoms with E-state index in [1.54, 1.807) is 12.1 Å². The molecule has 4 rings (SSSR count). The Morgan fingerprint density at radius 3 is 1.71 bits per heavy atom. The maximum atomic E-state index is 10.8. The third kappa shape index (κ3) is 5.71. The zero-order valence-electron chi connectivity index (χ0n) is 19.2. The quantitative estimate of drug-likeness (QED) is 0.305. The van der Waals surface area contributed by atoms with Crippen molar-refractivity contribution in [2.24, 2.45) is 10.2 Å². The van der Waals surface area contributed by atoms with Gasteiger partial charge in [0.2, 0.25) is 0 Å². The molecule has 0 aliphatic carbocycles. The van der Waals surface area contributed by atoms with Gasteiger partial charge in [0.15, 0.2) is 12.4 Å². The van der Waals surface area contributed by atoms with Crippen LogP contribution in [0.2, 0.25) is 0 Å². The molecule has 2 heterocycles. The van der Waals surface area contributed by atoms with Crippen molar-refractivity contribution in [3.63, 3.8) is 0 Å². The van der Waals surface area contributed by atoms with Crippen LogP contribution in [-0.2, 0) is 0 Å². The number of nitro benzene ring substituents is 1. The van der Waals surface area contributed by atoms with E-state index in [0.717, 1.165) is 43.3 Å². The van der Waals surface area contributed by atoms with E-state index < -0.39 is 4.92 Å². The van der Waals surface area contributed by atoms with E-state index in [0.29, 0.717) is 11.4 Å². The molecular weight excluding hydrogens is 432 g/mol. The lowest BCUT2D eigenvalue weighted by atomic mass is 10.2. The number of hydrogen-bond acceptors (Lipinski definition) is 9. The fraction of sp³-hybridized carbons (Fsp3) is 0.250. The SMILES string of the molecule is CN1C=C[N+]=C1CCN(CCC1=[N+]C=CN1C)c1ccc(N=Nc2ccc([N+](=O)[O-])cc2)cc1. The molecule has 0 saturated heterocycles. The zero-order valence-corrected chi connectivity index (χ0v) is 19.2. The third-order valence-corrected chi connectivity index (χ3v) is 5.61. The van der Waals surface area contributed by atoms with E-state index >= 15 is 0 Å². The first-order valence-corrected chi connectivity index (χ1v) is 10.9. The molecule has 172 valence electrons. The van der Waals surface area contributed by atoms with Crippen LogP contribution < -0.4 is 14.9 Å². The standard InChI is InChI=1S/C24H26N8O2/c1-29-17-13-25-23(29)11-15-31(16-12-24-26-14-18-30(24)2)21-7-3-19(4-8-21)27-28-20-5-9-22(10-6-20)32(33)34/h3-10,13-14,17-18H,11-12,15-16H2,1-2H3/q+2. The summed E-state index contributed by atoms with van der Waals surface area (Å²) in [5, 5.41) is 19.2. The van der Waals surface area contributed by atoms with Gasteiger partial charge in [-0.2, -0.15) is 10.2 Å². The van der Waals surface area contributed by atoms with Gasteiger partial charge in [-0.15, -0.1) is 0 Å². The Labute approximate surface area is 198 Å². The lowest BCUT2D eigenvalue weighted by Gasteiger charge is -2.24. The second kappa shape index (κ2) is 10.5. The number of aliphatic imine (C=N–C) groups is 2. The Bertz CT molecular complexity index is 1130. The van der Waals surface area contributed by atoms with Crippen molar-refractivity contribution in [2.75, 3.05) is 32.1 Å². The van der Waals surface area contributed by atoms with Crippen molar-refractivity contribution < 1.29 is 4.92 Å². The third-order valence-electron chi connectivity index (χ3n) is 5.61. The Balaban J connectivity index is 1.42. The summed E-state index contributed by atoms with van der Waals surface area (Å²) in [6.45, 7) is 1.64. The molecule has 0 amide bonds. The van der Waals surface area contributed by atoms with Crippen LogP contribution in [0.15, 0.2) is 83.6 Å². The van der Waals surface area contributed by atoms with Crippen molar-refractivity contribution in [2.45, 2.75) is 12.8 Å². The fourth-order valence-electron chi connectivity index (χ4n) is 3.60. The molecule has 10 heteroatoms. The van der Waals surface area contributed by atoms with Gasteiger partial charge in [-0.1, -0.05) is 9.98 Å². The van der Waals surface area contributed by atoms with Crippen LogP contribution >= 0.6 is 0 Å². The van der Waals surface area contributed by atoms with Gasteiger partial charge in [0.05, 0.1) is 43.2 Å². The van der Waals surface area contributed by atoms with Gasteiger partial charge in [0, 0.05) is 30.9 Å². The molecule has 34 heavy (non-hydrogen) atoms. The molecule has 0 fully saturated rings. The molecule has 0 atom stereocenters. The van der Waals surface area contributed by atoms with Gasteiger partial charge in [-0.05, 0) is 36.4 Å². The number of benzene rings is 2. The summed E-state index contributed by atoms with van der Waals surface area (Å²) in [7, 11) is 4.01.